The Balaban J connectivity index is 1.79. The number of amides is 3. The lowest BCUT2D eigenvalue weighted by molar-refractivity contribution is -0.133. The smallest absolute Gasteiger partial charge is 0.257 e. The molecular weight excluding hydrogens is 374 g/mol. The second-order valence-corrected chi connectivity index (χ2v) is 7.90. The average molecular weight is 403 g/mol. The predicted molar refractivity (Wildman–Crippen MR) is 108 cm³/mol. The van der Waals surface area contributed by atoms with Crippen molar-refractivity contribution in [3.05, 3.63) is 23.8 Å². The Morgan fingerprint density at radius 3 is 2.72 bits per heavy atom. The van der Waals surface area contributed by atoms with Gasteiger partial charge in [0.25, 0.3) is 5.91 Å². The van der Waals surface area contributed by atoms with Crippen LogP contribution in [0.5, 0.6) is 5.75 Å². The number of benzene rings is 1. The number of hydrogen-bond donors (Lipinski definition) is 2. The molecule has 0 unspecified atom stereocenters. The summed E-state index contributed by atoms with van der Waals surface area (Å²) in [7, 11) is 3.37. The van der Waals surface area contributed by atoms with Gasteiger partial charge in [-0.05, 0) is 31.0 Å². The molecule has 0 radical (unpaired) electrons. The van der Waals surface area contributed by atoms with Gasteiger partial charge in [0.15, 0.2) is 0 Å². The van der Waals surface area contributed by atoms with Gasteiger partial charge in [-0.25, -0.2) is 0 Å². The van der Waals surface area contributed by atoms with E-state index in [0.29, 0.717) is 29.8 Å². The molecule has 0 aliphatic carbocycles. The zero-order chi connectivity index (χ0) is 21.1. The first-order valence-corrected chi connectivity index (χ1v) is 10.0. The minimum atomic E-state index is -0.305. The van der Waals surface area contributed by atoms with E-state index in [-0.39, 0.29) is 48.5 Å². The molecule has 2 N–H and O–H groups in total. The van der Waals surface area contributed by atoms with Crippen LogP contribution in [0, 0.1) is 5.92 Å². The maximum atomic E-state index is 13.1. The summed E-state index contributed by atoms with van der Waals surface area (Å²) in [5.41, 5.74) is 0.982. The molecule has 158 valence electrons. The highest BCUT2D eigenvalue weighted by Gasteiger charge is 2.39. The first-order valence-electron chi connectivity index (χ1n) is 10.0. The van der Waals surface area contributed by atoms with Crippen molar-refractivity contribution >= 4 is 23.4 Å². The van der Waals surface area contributed by atoms with Crippen molar-refractivity contribution in [3.63, 3.8) is 0 Å². The van der Waals surface area contributed by atoms with Crippen molar-refractivity contribution in [1.29, 1.82) is 0 Å². The molecule has 0 bridgehead atoms. The van der Waals surface area contributed by atoms with Crippen LogP contribution in [0.3, 0.4) is 0 Å². The van der Waals surface area contributed by atoms with Gasteiger partial charge >= 0.3 is 0 Å². The van der Waals surface area contributed by atoms with E-state index in [1.54, 1.807) is 37.2 Å². The van der Waals surface area contributed by atoms with Crippen molar-refractivity contribution in [1.82, 2.24) is 10.2 Å². The molecule has 29 heavy (non-hydrogen) atoms. The highest BCUT2D eigenvalue weighted by Crippen LogP contribution is 2.32. The van der Waals surface area contributed by atoms with Gasteiger partial charge in [0.2, 0.25) is 11.8 Å². The molecule has 3 atom stereocenters. The normalized spacial score (nSPS) is 24.0. The molecule has 1 aromatic rings. The summed E-state index contributed by atoms with van der Waals surface area (Å²) < 4.78 is 12.0. The molecular formula is C21H29N3O5. The first kappa shape index (κ1) is 21.1. The monoisotopic (exact) mass is 403 g/mol. The topological polar surface area (TPSA) is 97.0 Å². The second kappa shape index (κ2) is 8.82. The molecule has 8 nitrogen and oxygen atoms in total. The van der Waals surface area contributed by atoms with Gasteiger partial charge in [-0.1, -0.05) is 13.8 Å². The van der Waals surface area contributed by atoms with Crippen molar-refractivity contribution in [2.24, 2.45) is 5.92 Å². The third kappa shape index (κ3) is 4.70. The number of carbonyl (C=O) groups excluding carboxylic acids is 3. The second-order valence-electron chi connectivity index (χ2n) is 7.90. The first-order chi connectivity index (χ1) is 13.8. The Morgan fingerprint density at radius 1 is 1.28 bits per heavy atom. The van der Waals surface area contributed by atoms with Crippen LogP contribution < -0.4 is 15.4 Å². The summed E-state index contributed by atoms with van der Waals surface area (Å²) in [5, 5.41) is 5.44. The number of ether oxygens (including phenoxy) is 2. The fourth-order valence-corrected chi connectivity index (χ4v) is 3.70. The third-order valence-electron chi connectivity index (χ3n) is 5.50. The Morgan fingerprint density at radius 2 is 2.03 bits per heavy atom. The molecule has 0 saturated carbocycles. The van der Waals surface area contributed by atoms with Gasteiger partial charge in [-0.15, -0.1) is 0 Å². The molecule has 3 rings (SSSR count). The number of nitrogens with zero attached hydrogens (tertiary/aromatic N) is 1. The summed E-state index contributed by atoms with van der Waals surface area (Å²) in [6.45, 7) is 3.91. The number of nitrogens with one attached hydrogen (secondary N) is 2. The van der Waals surface area contributed by atoms with Crippen LogP contribution in [0.4, 0.5) is 5.69 Å². The maximum absolute atomic E-state index is 13.1. The molecule has 2 aliphatic rings. The molecule has 1 saturated heterocycles. The number of hydrogen-bond acceptors (Lipinski definition) is 5. The Hall–Kier alpha value is -2.61. The van der Waals surface area contributed by atoms with Crippen LogP contribution in [0.2, 0.25) is 0 Å². The molecule has 2 aliphatic heterocycles. The van der Waals surface area contributed by atoms with E-state index in [0.717, 1.165) is 6.42 Å². The Bertz CT molecular complexity index is 795. The van der Waals surface area contributed by atoms with Gasteiger partial charge in [-0.3, -0.25) is 14.4 Å². The fraction of sp³-hybridized carbons (Fsp3) is 0.571. The third-order valence-corrected chi connectivity index (χ3v) is 5.50. The van der Waals surface area contributed by atoms with Gasteiger partial charge in [0.05, 0.1) is 24.1 Å². The number of rotatable bonds is 4. The van der Waals surface area contributed by atoms with E-state index >= 15 is 0 Å². The highest BCUT2D eigenvalue weighted by molar-refractivity contribution is 6.00. The van der Waals surface area contributed by atoms with Gasteiger partial charge in [-0.2, -0.15) is 0 Å². The quantitative estimate of drug-likeness (QED) is 0.799. The zero-order valence-corrected chi connectivity index (χ0v) is 17.4. The fourth-order valence-electron chi connectivity index (χ4n) is 3.70. The summed E-state index contributed by atoms with van der Waals surface area (Å²) >= 11 is 0. The minimum Gasteiger partial charge on any atom is -0.490 e. The maximum Gasteiger partial charge on any atom is 0.257 e. The van der Waals surface area contributed by atoms with Crippen LogP contribution in [0.15, 0.2) is 18.2 Å². The van der Waals surface area contributed by atoms with Crippen LogP contribution in [-0.2, 0) is 14.3 Å². The van der Waals surface area contributed by atoms with E-state index < -0.39 is 0 Å². The number of fused-ring (bicyclic) bond motifs is 2. The minimum absolute atomic E-state index is 0.0639. The predicted octanol–water partition coefficient (Wildman–Crippen LogP) is 1.80. The molecule has 1 aromatic carbocycles. The summed E-state index contributed by atoms with van der Waals surface area (Å²) in [6.07, 6.45) is 1.24. The molecule has 3 amide bonds. The number of anilines is 1. The molecule has 8 heteroatoms. The SMILES string of the molecule is CNC(=O)C[C@H]1CC[C@@H]2[C@@H](COc3ccc(NC(=O)C(C)C)cc3C(=O)N2C)O1. The van der Waals surface area contributed by atoms with Crippen LogP contribution in [-0.4, -0.2) is 61.6 Å². The van der Waals surface area contributed by atoms with Crippen LogP contribution >= 0.6 is 0 Å². The van der Waals surface area contributed by atoms with E-state index in [2.05, 4.69) is 10.6 Å². The lowest BCUT2D eigenvalue weighted by atomic mass is 9.94. The van der Waals surface area contributed by atoms with E-state index in [4.69, 9.17) is 9.47 Å². The van der Waals surface area contributed by atoms with E-state index in [1.165, 1.54) is 0 Å². The zero-order valence-electron chi connectivity index (χ0n) is 17.4. The summed E-state index contributed by atoms with van der Waals surface area (Å²) in [4.78, 5) is 38.5. The average Bonchev–Trinajstić information content (AvgIpc) is 2.70. The lowest BCUT2D eigenvalue weighted by Crippen LogP contribution is -2.53. The van der Waals surface area contributed by atoms with Crippen molar-refractivity contribution in [2.45, 2.75) is 51.4 Å². The molecule has 2 heterocycles. The number of carbonyl (C=O) groups is 3. The van der Waals surface area contributed by atoms with Gasteiger partial charge in [0, 0.05) is 25.7 Å². The van der Waals surface area contributed by atoms with Crippen molar-refractivity contribution in [3.8, 4) is 5.75 Å². The standard InChI is InChI=1S/C21H29N3O5/c1-12(2)20(26)23-13-5-8-17-15(9-13)21(27)24(4)16-7-6-14(10-19(25)22-3)29-18(16)11-28-17/h5,8-9,12,14,16,18H,6-7,10-11H2,1-4H3,(H,22,25)(H,23,26)/t14-,16-,18-/m1/s1. The number of likely N-dealkylation sites (N-methyl/N-ethyl adjacent to an activating group) is 1. The van der Waals surface area contributed by atoms with E-state index in [9.17, 15) is 14.4 Å². The van der Waals surface area contributed by atoms with Crippen molar-refractivity contribution in [2.75, 3.05) is 26.0 Å². The summed E-state index contributed by atoms with van der Waals surface area (Å²) in [5.74, 6) is -0.0514. The molecule has 0 spiro atoms. The van der Waals surface area contributed by atoms with E-state index in [1.807, 2.05) is 13.8 Å². The van der Waals surface area contributed by atoms with Crippen molar-refractivity contribution < 1.29 is 23.9 Å². The Labute approximate surface area is 170 Å². The lowest BCUT2D eigenvalue weighted by Gasteiger charge is -2.42. The van der Waals surface area contributed by atoms with Gasteiger partial charge < -0.3 is 25.0 Å². The van der Waals surface area contributed by atoms with Crippen LogP contribution in [0.25, 0.3) is 0 Å². The van der Waals surface area contributed by atoms with Crippen LogP contribution in [0.1, 0.15) is 43.5 Å². The van der Waals surface area contributed by atoms with Gasteiger partial charge in [0.1, 0.15) is 18.5 Å². The largest absolute Gasteiger partial charge is 0.490 e. The highest BCUT2D eigenvalue weighted by atomic mass is 16.5. The summed E-state index contributed by atoms with van der Waals surface area (Å²) in [6, 6.07) is 4.95. The molecule has 1 fully saturated rings. The Kier molecular flexibility index (Phi) is 6.42. The molecule has 0 aromatic heterocycles.